The molecule has 0 unspecified atom stereocenters. The molecule has 5 rings (SSSR count). The summed E-state index contributed by atoms with van der Waals surface area (Å²) in [5.41, 5.74) is 2.48. The highest BCUT2D eigenvalue weighted by molar-refractivity contribution is 7.19. The molecule has 0 spiro atoms. The van der Waals surface area contributed by atoms with Crippen LogP contribution in [0.3, 0.4) is 0 Å². The fourth-order valence-corrected chi connectivity index (χ4v) is 6.19. The minimum absolute atomic E-state index is 0.0317. The Labute approximate surface area is 230 Å². The number of hydrogen-bond acceptors (Lipinski definition) is 6. The second-order valence-electron chi connectivity index (χ2n) is 7.83. The summed E-state index contributed by atoms with van der Waals surface area (Å²) >= 11 is 9.14. The van der Waals surface area contributed by atoms with Gasteiger partial charge >= 0.3 is 0 Å². The van der Waals surface area contributed by atoms with Gasteiger partial charge in [-0.15, -0.1) is 22.7 Å². The van der Waals surface area contributed by atoms with Crippen LogP contribution < -0.4 is 0 Å². The van der Waals surface area contributed by atoms with Crippen molar-refractivity contribution in [3.63, 3.8) is 0 Å². The lowest BCUT2D eigenvalue weighted by molar-refractivity contribution is 0.586. The van der Waals surface area contributed by atoms with Gasteiger partial charge in [0.1, 0.15) is 11.3 Å². The number of aromatic nitrogens is 1. The van der Waals surface area contributed by atoms with Crippen molar-refractivity contribution in [3.8, 4) is 45.7 Å². The maximum Gasteiger partial charge on any atom is 0.263 e. The largest absolute Gasteiger partial charge is 0.454 e. The van der Waals surface area contributed by atoms with E-state index >= 15 is 0 Å². The SMILES string of the molecule is [C-]#[N+]/C(C#N)=C\c1sc(-c2ccc(-c3ccc(-c4cc5sc(/C=C(\C#N)[N+]#[C-])cc5o4)n3CC)o2)cc1Cl. The van der Waals surface area contributed by atoms with Gasteiger partial charge in [0, 0.05) is 22.4 Å². The van der Waals surface area contributed by atoms with E-state index in [0.29, 0.717) is 39.3 Å². The minimum atomic E-state index is -0.0329. The lowest BCUT2D eigenvalue weighted by Gasteiger charge is -2.08. The fraction of sp³-hybridized carbons (Fsp3) is 0.0714. The first-order valence-corrected chi connectivity index (χ1v) is 13.1. The summed E-state index contributed by atoms with van der Waals surface area (Å²) in [5, 5.41) is 18.5. The van der Waals surface area contributed by atoms with E-state index in [1.54, 1.807) is 12.1 Å². The van der Waals surface area contributed by atoms with Gasteiger partial charge in [-0.2, -0.15) is 0 Å². The van der Waals surface area contributed by atoms with Crippen LogP contribution in [0.4, 0.5) is 0 Å². The average molecular weight is 552 g/mol. The van der Waals surface area contributed by atoms with Crippen molar-refractivity contribution in [1.82, 2.24) is 4.57 Å². The van der Waals surface area contributed by atoms with E-state index in [1.165, 1.54) is 28.7 Å². The number of nitriles is 2. The van der Waals surface area contributed by atoms with E-state index in [4.69, 9.17) is 44.1 Å². The van der Waals surface area contributed by atoms with Crippen molar-refractivity contribution in [3.05, 3.63) is 91.5 Å². The van der Waals surface area contributed by atoms with Crippen molar-refractivity contribution in [2.24, 2.45) is 0 Å². The average Bonchev–Trinajstić information content (AvgIpc) is 3.73. The van der Waals surface area contributed by atoms with Gasteiger partial charge in [-0.25, -0.2) is 20.2 Å². The summed E-state index contributed by atoms with van der Waals surface area (Å²) in [7, 11) is 0. The molecule has 0 atom stereocenters. The highest BCUT2D eigenvalue weighted by Crippen LogP contribution is 2.40. The van der Waals surface area contributed by atoms with Crippen LogP contribution >= 0.6 is 34.3 Å². The maximum absolute atomic E-state index is 9.04. The smallest absolute Gasteiger partial charge is 0.263 e. The van der Waals surface area contributed by atoms with Gasteiger partial charge in [-0.3, -0.25) is 0 Å². The lowest BCUT2D eigenvalue weighted by atomic mass is 10.3. The quantitative estimate of drug-likeness (QED) is 0.155. The molecule has 0 aliphatic heterocycles. The Morgan fingerprint density at radius 1 is 0.947 bits per heavy atom. The van der Waals surface area contributed by atoms with E-state index < -0.39 is 0 Å². The topological polar surface area (TPSA) is 87.5 Å². The standard InChI is InChI=1S/C28H14ClN5O2S2/c1-4-34-20(22-7-8-23(35-22)27-12-19(29)26(38-27)10-17(15-31)33-3)5-6-21(34)24-13-28-25(36-24)11-18(37-28)9-16(14-30)32-2/h5-13H,4H2,1H3/b16-9+,17-10-. The molecular formula is C28H14ClN5O2S2. The Bertz CT molecular complexity index is 1870. The summed E-state index contributed by atoms with van der Waals surface area (Å²) in [6, 6.07) is 17.0. The number of fused-ring (bicyclic) bond motifs is 1. The monoisotopic (exact) mass is 551 g/mol. The molecule has 0 aliphatic rings. The van der Waals surface area contributed by atoms with Crippen LogP contribution in [0, 0.1) is 35.8 Å². The van der Waals surface area contributed by atoms with Gasteiger partial charge in [-0.1, -0.05) is 11.6 Å². The van der Waals surface area contributed by atoms with Gasteiger partial charge in [0.15, 0.2) is 11.5 Å². The van der Waals surface area contributed by atoms with Crippen LogP contribution in [0.1, 0.15) is 16.7 Å². The van der Waals surface area contributed by atoms with Crippen molar-refractivity contribution in [2.75, 3.05) is 0 Å². The number of allylic oxidation sites excluding steroid dienone is 2. The molecule has 5 aromatic rings. The molecule has 0 aliphatic carbocycles. The summed E-state index contributed by atoms with van der Waals surface area (Å²) < 4.78 is 15.3. The van der Waals surface area contributed by atoms with Gasteiger partial charge in [0.05, 0.1) is 51.3 Å². The number of thiophene rings is 2. The molecule has 10 heteroatoms. The number of rotatable bonds is 6. The normalized spacial score (nSPS) is 11.7. The highest BCUT2D eigenvalue weighted by atomic mass is 35.5. The first kappa shape index (κ1) is 24.9. The van der Waals surface area contributed by atoms with Gasteiger partial charge in [0.2, 0.25) is 0 Å². The van der Waals surface area contributed by atoms with E-state index in [-0.39, 0.29) is 11.4 Å². The first-order valence-electron chi connectivity index (χ1n) is 11.1. The summed E-state index contributed by atoms with van der Waals surface area (Å²) in [4.78, 5) is 8.60. The maximum atomic E-state index is 9.04. The zero-order valence-electron chi connectivity index (χ0n) is 19.7. The third-order valence-corrected chi connectivity index (χ3v) is 8.14. The molecular weight excluding hydrogens is 538 g/mol. The van der Waals surface area contributed by atoms with Crippen molar-refractivity contribution in [2.45, 2.75) is 13.5 Å². The van der Waals surface area contributed by atoms with Crippen LogP contribution in [0.2, 0.25) is 5.02 Å². The molecule has 0 N–H and O–H groups in total. The molecule has 0 fully saturated rings. The molecule has 0 saturated carbocycles. The Hall–Kier alpha value is -4.77. The van der Waals surface area contributed by atoms with E-state index in [9.17, 15) is 0 Å². The molecule has 0 amide bonds. The van der Waals surface area contributed by atoms with Crippen LogP contribution in [0.5, 0.6) is 0 Å². The van der Waals surface area contributed by atoms with Gasteiger partial charge in [0.25, 0.3) is 11.4 Å². The molecule has 7 nitrogen and oxygen atoms in total. The third-order valence-electron chi connectivity index (χ3n) is 5.61. The van der Waals surface area contributed by atoms with Crippen molar-refractivity contribution < 1.29 is 8.83 Å². The number of halogens is 1. The zero-order chi connectivity index (χ0) is 26.8. The second kappa shape index (κ2) is 10.3. The Morgan fingerprint density at radius 3 is 2.29 bits per heavy atom. The minimum Gasteiger partial charge on any atom is -0.454 e. The first-order chi connectivity index (χ1) is 18.5. The van der Waals surface area contributed by atoms with Crippen LogP contribution in [0.25, 0.3) is 65.7 Å². The molecule has 38 heavy (non-hydrogen) atoms. The van der Waals surface area contributed by atoms with E-state index in [2.05, 4.69) is 14.3 Å². The number of hydrogen-bond donors (Lipinski definition) is 0. The Morgan fingerprint density at radius 2 is 1.63 bits per heavy atom. The van der Waals surface area contributed by atoms with Crippen LogP contribution in [0.15, 0.2) is 62.7 Å². The fourth-order valence-electron chi connectivity index (χ4n) is 3.94. The van der Waals surface area contributed by atoms with Crippen molar-refractivity contribution in [1.29, 1.82) is 10.5 Å². The lowest BCUT2D eigenvalue weighted by Crippen LogP contribution is -1.98. The van der Waals surface area contributed by atoms with Crippen LogP contribution in [-0.4, -0.2) is 4.57 Å². The van der Waals surface area contributed by atoms with Gasteiger partial charge < -0.3 is 13.4 Å². The summed E-state index contributed by atoms with van der Waals surface area (Å²) in [6.45, 7) is 16.8. The molecule has 5 aromatic heterocycles. The molecule has 0 bridgehead atoms. The summed E-state index contributed by atoms with van der Waals surface area (Å²) in [6.07, 6.45) is 3.03. The van der Waals surface area contributed by atoms with E-state index in [0.717, 1.165) is 25.8 Å². The third kappa shape index (κ3) is 4.55. The number of nitrogens with zero attached hydrogens (tertiary/aromatic N) is 5. The Balaban J connectivity index is 1.46. The summed E-state index contributed by atoms with van der Waals surface area (Å²) in [5.74, 6) is 2.02. The predicted octanol–water partition coefficient (Wildman–Crippen LogP) is 9.19. The molecule has 0 radical (unpaired) electrons. The molecule has 0 aromatic carbocycles. The second-order valence-corrected chi connectivity index (χ2v) is 10.4. The highest BCUT2D eigenvalue weighted by Gasteiger charge is 2.19. The van der Waals surface area contributed by atoms with E-state index in [1.807, 2.05) is 55.5 Å². The number of furan rings is 2. The molecule has 182 valence electrons. The molecule has 0 saturated heterocycles. The van der Waals surface area contributed by atoms with Crippen LogP contribution in [-0.2, 0) is 6.54 Å². The molecule has 5 heterocycles. The zero-order valence-corrected chi connectivity index (χ0v) is 22.0. The predicted molar refractivity (Wildman–Crippen MR) is 150 cm³/mol. The van der Waals surface area contributed by atoms with Gasteiger partial charge in [-0.05, 0) is 55.5 Å². The Kier molecular flexibility index (Phi) is 6.75. The van der Waals surface area contributed by atoms with Crippen molar-refractivity contribution >= 4 is 56.7 Å².